The van der Waals surface area contributed by atoms with Crippen LogP contribution >= 0.6 is 0 Å². The Balaban J connectivity index is 1.75. The summed E-state index contributed by atoms with van der Waals surface area (Å²) in [6.45, 7) is 10.5. The molecule has 0 aliphatic heterocycles. The van der Waals surface area contributed by atoms with Gasteiger partial charge in [0, 0.05) is 29.6 Å². The first kappa shape index (κ1) is 33.6. The lowest BCUT2D eigenvalue weighted by molar-refractivity contribution is -0.120. The zero-order valence-electron chi connectivity index (χ0n) is 26.1. The van der Waals surface area contributed by atoms with Gasteiger partial charge < -0.3 is 5.32 Å². The highest BCUT2D eigenvalue weighted by molar-refractivity contribution is 7.90. The van der Waals surface area contributed by atoms with E-state index < -0.39 is 15.9 Å². The lowest BCUT2D eigenvalue weighted by Crippen LogP contribution is -2.34. The lowest BCUT2D eigenvalue weighted by Gasteiger charge is -2.31. The quantitative estimate of drug-likeness (QED) is 0.203. The van der Waals surface area contributed by atoms with Crippen LogP contribution in [0.5, 0.6) is 0 Å². The van der Waals surface area contributed by atoms with Gasteiger partial charge in [-0.2, -0.15) is 0 Å². The number of rotatable bonds is 15. The van der Waals surface area contributed by atoms with Gasteiger partial charge in [0.1, 0.15) is 0 Å². The van der Waals surface area contributed by atoms with Gasteiger partial charge in [0.2, 0.25) is 5.91 Å². The molecule has 2 aromatic carbocycles. The van der Waals surface area contributed by atoms with E-state index >= 15 is 0 Å². The van der Waals surface area contributed by atoms with E-state index in [1.54, 1.807) is 18.2 Å². The Kier molecular flexibility index (Phi) is 12.8. The van der Waals surface area contributed by atoms with Crippen molar-refractivity contribution in [2.45, 2.75) is 103 Å². The first-order valence-electron chi connectivity index (χ1n) is 15.7. The summed E-state index contributed by atoms with van der Waals surface area (Å²) in [5.41, 5.74) is 2.66. The summed E-state index contributed by atoms with van der Waals surface area (Å²) in [6.07, 6.45) is 12.5. The van der Waals surface area contributed by atoms with E-state index in [1.807, 2.05) is 25.1 Å². The summed E-state index contributed by atoms with van der Waals surface area (Å²) in [5.74, 6) is 0.139. The van der Waals surface area contributed by atoms with Gasteiger partial charge in [-0.25, -0.2) is 13.1 Å². The van der Waals surface area contributed by atoms with Crippen LogP contribution in [-0.4, -0.2) is 26.2 Å². The van der Waals surface area contributed by atoms with Crippen molar-refractivity contribution < 1.29 is 18.0 Å². The van der Waals surface area contributed by atoms with E-state index in [4.69, 9.17) is 0 Å². The summed E-state index contributed by atoms with van der Waals surface area (Å²) in [4.78, 5) is 26.8. The third-order valence-corrected chi connectivity index (χ3v) is 9.55. The fourth-order valence-electron chi connectivity index (χ4n) is 5.91. The molecule has 0 aromatic heterocycles. The Morgan fingerprint density at radius 3 is 2.29 bits per heavy atom. The molecule has 0 radical (unpaired) electrons. The maximum absolute atomic E-state index is 13.7. The average molecular weight is 595 g/mol. The number of Topliss-reactive ketones (excluding diaryl/α,β-unsaturated/α-hetero) is 1. The number of nitrogens with one attached hydrogen (secondary N) is 2. The molecule has 2 N–H and O–H groups in total. The Hall–Kier alpha value is -2.93. The molecular weight excluding hydrogens is 544 g/mol. The summed E-state index contributed by atoms with van der Waals surface area (Å²) < 4.78 is 27.8. The fraction of sp³-hybridized carbons (Fsp3) is 0.543. The van der Waals surface area contributed by atoms with E-state index in [0.29, 0.717) is 23.8 Å². The maximum atomic E-state index is 13.7. The topological polar surface area (TPSA) is 92.3 Å². The SMILES string of the molecule is CC(C)CC/C=C/c1ccc(C(=O)C(C)CC(CC(=O)NS(=O)(=O)c2ccccc2)C2CCCCC2)cc1NC(C)C. The van der Waals surface area contributed by atoms with Crippen LogP contribution in [0.1, 0.15) is 108 Å². The number of sulfonamides is 1. The zero-order chi connectivity index (χ0) is 30.7. The summed E-state index contributed by atoms with van der Waals surface area (Å²) >= 11 is 0. The number of ketones is 1. The molecule has 0 heterocycles. The first-order chi connectivity index (χ1) is 20.0. The molecule has 1 aliphatic rings. The molecule has 6 nitrogen and oxygen atoms in total. The van der Waals surface area contributed by atoms with Crippen molar-refractivity contribution in [3.05, 3.63) is 65.7 Å². The number of hydrogen-bond acceptors (Lipinski definition) is 5. The van der Waals surface area contributed by atoms with Gasteiger partial charge in [0.05, 0.1) is 4.90 Å². The molecule has 1 amide bonds. The summed E-state index contributed by atoms with van der Waals surface area (Å²) in [6, 6.07) is 14.0. The summed E-state index contributed by atoms with van der Waals surface area (Å²) in [5, 5.41) is 3.50. The third kappa shape index (κ3) is 10.4. The molecule has 0 spiro atoms. The summed E-state index contributed by atoms with van der Waals surface area (Å²) in [7, 11) is -3.93. The van der Waals surface area contributed by atoms with Gasteiger partial charge in [-0.15, -0.1) is 0 Å². The molecule has 0 saturated heterocycles. The molecule has 42 heavy (non-hydrogen) atoms. The normalized spacial score (nSPS) is 16.1. The van der Waals surface area contributed by atoms with E-state index in [0.717, 1.165) is 49.8 Å². The van der Waals surface area contributed by atoms with E-state index in [1.165, 1.54) is 18.6 Å². The van der Waals surface area contributed by atoms with Crippen LogP contribution in [0, 0.1) is 23.7 Å². The van der Waals surface area contributed by atoms with Crippen LogP contribution in [0.15, 0.2) is 59.5 Å². The molecule has 1 aliphatic carbocycles. The molecule has 2 atom stereocenters. The van der Waals surface area contributed by atoms with Gasteiger partial charge in [-0.1, -0.05) is 95.4 Å². The van der Waals surface area contributed by atoms with Gasteiger partial charge in [0.15, 0.2) is 5.78 Å². The van der Waals surface area contributed by atoms with Crippen molar-refractivity contribution in [1.29, 1.82) is 0 Å². The van der Waals surface area contributed by atoms with Crippen molar-refractivity contribution in [3.8, 4) is 0 Å². The predicted octanol–water partition coefficient (Wildman–Crippen LogP) is 8.26. The van der Waals surface area contributed by atoms with Gasteiger partial charge in [-0.3, -0.25) is 9.59 Å². The highest BCUT2D eigenvalue weighted by Gasteiger charge is 2.31. The largest absolute Gasteiger partial charge is 0.382 e. The minimum Gasteiger partial charge on any atom is -0.382 e. The van der Waals surface area contributed by atoms with Gasteiger partial charge in [-0.05, 0) is 74.6 Å². The Labute approximate surface area is 253 Å². The second-order valence-corrected chi connectivity index (χ2v) is 14.4. The molecule has 2 aromatic rings. The molecule has 0 bridgehead atoms. The Bertz CT molecular complexity index is 1300. The van der Waals surface area contributed by atoms with Crippen molar-refractivity contribution in [2.24, 2.45) is 23.7 Å². The molecular formula is C35H50N2O4S. The standard InChI is InChI=1S/C35H50N2O4S/c1-25(2)14-12-13-17-29-20-21-30(23-33(29)36-26(3)4)35(39)27(5)22-31(28-15-8-6-9-16-28)24-34(38)37-42(40,41)32-18-10-7-11-19-32/h7,10-11,13,17-21,23,25-28,31,36H,6,8-9,12,14-16,22,24H2,1-5H3,(H,37,38)/b17-13+. The van der Waals surface area contributed by atoms with Crippen molar-refractivity contribution in [3.63, 3.8) is 0 Å². The van der Waals surface area contributed by atoms with Crippen LogP contribution in [0.3, 0.4) is 0 Å². The van der Waals surface area contributed by atoms with Crippen LogP contribution in [0.2, 0.25) is 0 Å². The van der Waals surface area contributed by atoms with Crippen molar-refractivity contribution >= 4 is 33.5 Å². The maximum Gasteiger partial charge on any atom is 0.264 e. The first-order valence-corrected chi connectivity index (χ1v) is 17.2. The van der Waals surface area contributed by atoms with Gasteiger partial charge in [0.25, 0.3) is 10.0 Å². The smallest absolute Gasteiger partial charge is 0.264 e. The number of anilines is 1. The Morgan fingerprint density at radius 2 is 1.64 bits per heavy atom. The predicted molar refractivity (Wildman–Crippen MR) is 173 cm³/mol. The number of amides is 1. The van der Waals surface area contributed by atoms with Crippen LogP contribution in [0.25, 0.3) is 6.08 Å². The van der Waals surface area contributed by atoms with E-state index in [9.17, 15) is 18.0 Å². The molecule has 230 valence electrons. The number of allylic oxidation sites excluding steroid dienone is 1. The van der Waals surface area contributed by atoms with Gasteiger partial charge >= 0.3 is 0 Å². The van der Waals surface area contributed by atoms with Crippen LogP contribution < -0.4 is 10.0 Å². The minimum atomic E-state index is -3.93. The lowest BCUT2D eigenvalue weighted by atomic mass is 9.74. The second kappa shape index (κ2) is 16.1. The number of hydrogen-bond donors (Lipinski definition) is 2. The molecule has 7 heteroatoms. The van der Waals surface area contributed by atoms with Crippen LogP contribution in [0.4, 0.5) is 5.69 Å². The monoisotopic (exact) mass is 594 g/mol. The van der Waals surface area contributed by atoms with Crippen molar-refractivity contribution in [1.82, 2.24) is 4.72 Å². The number of benzene rings is 2. The van der Waals surface area contributed by atoms with Crippen molar-refractivity contribution in [2.75, 3.05) is 5.32 Å². The molecule has 2 unspecified atom stereocenters. The van der Waals surface area contributed by atoms with Crippen LogP contribution in [-0.2, 0) is 14.8 Å². The zero-order valence-corrected chi connectivity index (χ0v) is 26.9. The average Bonchev–Trinajstić information content (AvgIpc) is 2.95. The van der Waals surface area contributed by atoms with E-state index in [-0.39, 0.29) is 35.0 Å². The highest BCUT2D eigenvalue weighted by Crippen LogP contribution is 2.36. The second-order valence-electron chi connectivity index (χ2n) is 12.7. The fourth-order valence-corrected chi connectivity index (χ4v) is 6.93. The number of carbonyl (C=O) groups excluding carboxylic acids is 2. The Morgan fingerprint density at radius 1 is 0.952 bits per heavy atom. The number of carbonyl (C=O) groups is 2. The third-order valence-electron chi connectivity index (χ3n) is 8.16. The molecule has 1 saturated carbocycles. The molecule has 1 fully saturated rings. The minimum absolute atomic E-state index is 0.0512. The highest BCUT2D eigenvalue weighted by atomic mass is 32.2. The van der Waals surface area contributed by atoms with E-state index in [2.05, 4.69) is 49.9 Å². The molecule has 3 rings (SSSR count).